The van der Waals surface area contributed by atoms with Crippen molar-refractivity contribution in [1.82, 2.24) is 9.13 Å². The van der Waals surface area contributed by atoms with Crippen molar-refractivity contribution in [2.45, 2.75) is 0 Å². The number of fused-ring (bicyclic) bond motifs is 10. The first kappa shape index (κ1) is 24.8. The molecule has 7 aromatic carbocycles. The van der Waals surface area contributed by atoms with Gasteiger partial charge in [0.15, 0.2) is 0 Å². The van der Waals surface area contributed by atoms with Gasteiger partial charge in [-0.1, -0.05) is 84.9 Å². The third-order valence-electron chi connectivity index (χ3n) is 9.30. The Hall–Kier alpha value is -5.64. The van der Waals surface area contributed by atoms with E-state index in [1.807, 2.05) is 11.3 Å². The van der Waals surface area contributed by atoms with Crippen molar-refractivity contribution in [1.29, 1.82) is 0 Å². The fourth-order valence-electron chi connectivity index (χ4n) is 7.37. The number of rotatable bonds is 3. The number of benzene rings is 7. The van der Waals surface area contributed by atoms with Crippen LogP contribution in [-0.4, -0.2) is 9.13 Å². The van der Waals surface area contributed by atoms with Gasteiger partial charge in [0.2, 0.25) is 0 Å². The van der Waals surface area contributed by atoms with Crippen molar-refractivity contribution < 1.29 is 0 Å². The summed E-state index contributed by atoms with van der Waals surface area (Å²) in [6.45, 7) is 0. The zero-order valence-electron chi connectivity index (χ0n) is 24.3. The molecular formula is C42H26N2S. The highest BCUT2D eigenvalue weighted by molar-refractivity contribution is 7.26. The lowest BCUT2D eigenvalue weighted by atomic mass is 9.99. The third-order valence-corrected chi connectivity index (χ3v) is 10.4. The number of thiophene rings is 1. The molecular weight excluding hydrogens is 565 g/mol. The Kier molecular flexibility index (Phi) is 5.19. The summed E-state index contributed by atoms with van der Waals surface area (Å²) >= 11 is 1.88. The van der Waals surface area contributed by atoms with Crippen LogP contribution in [0.4, 0.5) is 0 Å². The summed E-state index contributed by atoms with van der Waals surface area (Å²) < 4.78 is 7.47. The summed E-state index contributed by atoms with van der Waals surface area (Å²) in [6, 6.07) is 57.6. The largest absolute Gasteiger partial charge is 0.309 e. The summed E-state index contributed by atoms with van der Waals surface area (Å²) in [7, 11) is 0. The van der Waals surface area contributed by atoms with Gasteiger partial charge in [0.25, 0.3) is 0 Å². The number of hydrogen-bond acceptors (Lipinski definition) is 1. The molecule has 45 heavy (non-hydrogen) atoms. The lowest BCUT2D eigenvalue weighted by Gasteiger charge is -2.09. The van der Waals surface area contributed by atoms with Crippen molar-refractivity contribution in [3.63, 3.8) is 0 Å². The van der Waals surface area contributed by atoms with E-state index in [0.29, 0.717) is 0 Å². The van der Waals surface area contributed by atoms with Crippen molar-refractivity contribution >= 4 is 75.1 Å². The monoisotopic (exact) mass is 590 g/mol. The summed E-state index contributed by atoms with van der Waals surface area (Å²) in [5.41, 5.74) is 9.73. The van der Waals surface area contributed by atoms with E-state index in [1.165, 1.54) is 86.3 Å². The molecule has 2 nitrogen and oxygen atoms in total. The Bertz CT molecular complexity index is 2740. The second-order valence-corrected chi connectivity index (χ2v) is 12.8. The fourth-order valence-corrected chi connectivity index (χ4v) is 8.48. The maximum Gasteiger partial charge on any atom is 0.0548 e. The summed E-state index contributed by atoms with van der Waals surface area (Å²) in [6.07, 6.45) is 0. The zero-order valence-corrected chi connectivity index (χ0v) is 25.1. The molecule has 0 aliphatic carbocycles. The molecule has 0 saturated heterocycles. The SMILES string of the molecule is c1ccc(-n2c3ccccc3c3cc(-c4ccc5c(c4)c4c6c(ccc4n5-c4ccccc4)sc4ccccc46)ccc32)cc1. The van der Waals surface area contributed by atoms with E-state index in [0.717, 1.165) is 0 Å². The van der Waals surface area contributed by atoms with Gasteiger partial charge in [-0.2, -0.15) is 0 Å². The maximum atomic E-state index is 2.43. The minimum absolute atomic E-state index is 1.18. The molecule has 0 amide bonds. The maximum absolute atomic E-state index is 2.43. The smallest absolute Gasteiger partial charge is 0.0548 e. The minimum Gasteiger partial charge on any atom is -0.309 e. The topological polar surface area (TPSA) is 9.86 Å². The molecule has 0 aliphatic heterocycles. The molecule has 3 heterocycles. The molecule has 0 N–H and O–H groups in total. The fraction of sp³-hybridized carbons (Fsp3) is 0. The summed E-state index contributed by atoms with van der Waals surface area (Å²) in [5.74, 6) is 0. The molecule has 10 aromatic rings. The Morgan fingerprint density at radius 1 is 0.333 bits per heavy atom. The molecule has 0 spiro atoms. The molecule has 210 valence electrons. The van der Waals surface area contributed by atoms with Gasteiger partial charge < -0.3 is 9.13 Å². The molecule has 0 unspecified atom stereocenters. The van der Waals surface area contributed by atoms with Crippen LogP contribution in [0.3, 0.4) is 0 Å². The number of aromatic nitrogens is 2. The lowest BCUT2D eigenvalue weighted by molar-refractivity contribution is 1.18. The normalized spacial score (nSPS) is 12.0. The average molecular weight is 591 g/mol. The van der Waals surface area contributed by atoms with E-state index >= 15 is 0 Å². The number of hydrogen-bond donors (Lipinski definition) is 0. The van der Waals surface area contributed by atoms with E-state index in [4.69, 9.17) is 0 Å². The minimum atomic E-state index is 1.18. The van der Waals surface area contributed by atoms with Crippen molar-refractivity contribution in [2.75, 3.05) is 0 Å². The van der Waals surface area contributed by atoms with Crippen LogP contribution in [0.1, 0.15) is 0 Å². The van der Waals surface area contributed by atoms with Crippen molar-refractivity contribution in [3.05, 3.63) is 158 Å². The van der Waals surface area contributed by atoms with Gasteiger partial charge in [-0.15, -0.1) is 11.3 Å². The van der Waals surface area contributed by atoms with E-state index in [1.54, 1.807) is 0 Å². The van der Waals surface area contributed by atoms with E-state index in [-0.39, 0.29) is 0 Å². The average Bonchev–Trinajstić information content (AvgIpc) is 3.76. The predicted molar refractivity (Wildman–Crippen MR) is 193 cm³/mol. The van der Waals surface area contributed by atoms with E-state index in [2.05, 4.69) is 167 Å². The van der Waals surface area contributed by atoms with Crippen LogP contribution in [0.25, 0.3) is 86.3 Å². The predicted octanol–water partition coefficient (Wildman–Crippen LogP) is 11.9. The molecule has 3 heteroatoms. The van der Waals surface area contributed by atoms with Crippen molar-refractivity contribution in [3.8, 4) is 22.5 Å². The molecule has 0 fully saturated rings. The van der Waals surface area contributed by atoms with Gasteiger partial charge in [-0.05, 0) is 83.9 Å². The molecule has 0 radical (unpaired) electrons. The second kappa shape index (κ2) is 9.43. The Balaban J connectivity index is 1.27. The van der Waals surface area contributed by atoms with Gasteiger partial charge in [0.05, 0.1) is 22.1 Å². The summed E-state index contributed by atoms with van der Waals surface area (Å²) in [4.78, 5) is 0. The van der Waals surface area contributed by atoms with Gasteiger partial charge >= 0.3 is 0 Å². The standard InChI is InChI=1S/C42H26N2S/c1-3-11-29(12-4-1)43-35-17-9-7-15-31(35)33-25-27(19-21-36(33)43)28-20-22-37-34(26-28)41-38(44(37)30-13-5-2-6-14-30)23-24-40-42(41)32-16-8-10-18-39(32)45-40/h1-26H. The van der Waals surface area contributed by atoms with Gasteiger partial charge in [0.1, 0.15) is 0 Å². The molecule has 0 aliphatic rings. The highest BCUT2D eigenvalue weighted by Gasteiger charge is 2.19. The molecule has 10 rings (SSSR count). The Labute approximate surface area is 263 Å². The quantitative estimate of drug-likeness (QED) is 0.194. The Morgan fingerprint density at radius 2 is 0.867 bits per heavy atom. The molecule has 0 atom stereocenters. The van der Waals surface area contributed by atoms with Crippen molar-refractivity contribution in [2.24, 2.45) is 0 Å². The van der Waals surface area contributed by atoms with Gasteiger partial charge in [0, 0.05) is 53.1 Å². The first-order valence-corrected chi connectivity index (χ1v) is 16.2. The molecule has 0 bridgehead atoms. The van der Waals surface area contributed by atoms with Crippen LogP contribution in [0, 0.1) is 0 Å². The van der Waals surface area contributed by atoms with Gasteiger partial charge in [-0.3, -0.25) is 0 Å². The first-order chi connectivity index (χ1) is 22.3. The van der Waals surface area contributed by atoms with Crippen LogP contribution < -0.4 is 0 Å². The molecule has 3 aromatic heterocycles. The molecule has 0 saturated carbocycles. The van der Waals surface area contributed by atoms with Crippen LogP contribution in [-0.2, 0) is 0 Å². The number of para-hydroxylation sites is 3. The van der Waals surface area contributed by atoms with E-state index < -0.39 is 0 Å². The van der Waals surface area contributed by atoms with Crippen LogP contribution in [0.15, 0.2) is 158 Å². The van der Waals surface area contributed by atoms with Crippen LogP contribution >= 0.6 is 11.3 Å². The highest BCUT2D eigenvalue weighted by Crippen LogP contribution is 2.44. The van der Waals surface area contributed by atoms with Gasteiger partial charge in [-0.25, -0.2) is 0 Å². The van der Waals surface area contributed by atoms with Crippen LogP contribution in [0.2, 0.25) is 0 Å². The van der Waals surface area contributed by atoms with E-state index in [9.17, 15) is 0 Å². The second-order valence-electron chi connectivity index (χ2n) is 11.8. The number of nitrogens with zero attached hydrogens (tertiary/aromatic N) is 2. The highest BCUT2D eigenvalue weighted by atomic mass is 32.1. The summed E-state index contributed by atoms with van der Waals surface area (Å²) in [5, 5.41) is 7.83. The third kappa shape index (κ3) is 3.56. The van der Waals surface area contributed by atoms with Crippen LogP contribution in [0.5, 0.6) is 0 Å². The first-order valence-electron chi connectivity index (χ1n) is 15.4. The zero-order chi connectivity index (χ0) is 29.5. The lowest BCUT2D eigenvalue weighted by Crippen LogP contribution is -1.93. The Morgan fingerprint density at radius 3 is 1.60 bits per heavy atom.